The van der Waals surface area contributed by atoms with Crippen LogP contribution in [0.15, 0.2) is 12.2 Å². The third-order valence-electron chi connectivity index (χ3n) is 6.27. The highest BCUT2D eigenvalue weighted by Crippen LogP contribution is 2.33. The molecule has 0 aromatic rings. The monoisotopic (exact) mass is 314 g/mol. The van der Waals surface area contributed by atoms with Crippen molar-refractivity contribution in [2.75, 3.05) is 0 Å². The minimum Gasteiger partial charge on any atom is -0.0951 e. The van der Waals surface area contributed by atoms with Gasteiger partial charge in [-0.1, -0.05) is 63.9 Å². The molecule has 0 atom stereocenters. The van der Waals surface area contributed by atoms with Gasteiger partial charge in [-0.25, -0.2) is 0 Å². The average Bonchev–Trinajstić information content (AvgIpc) is 2.61. The van der Waals surface area contributed by atoms with E-state index in [-0.39, 0.29) is 0 Å². The van der Waals surface area contributed by atoms with E-state index in [0.717, 1.165) is 17.8 Å². The number of unbranched alkanes of at least 4 members (excludes halogenated alkanes) is 2. The lowest BCUT2D eigenvalue weighted by Gasteiger charge is -2.26. The molecule has 2 saturated carbocycles. The third-order valence-corrected chi connectivity index (χ3v) is 6.27. The molecule has 0 heteroatoms. The molecular formula is C23H38. The fraction of sp³-hybridized carbons (Fsp3) is 0.826. The Hall–Kier alpha value is -0.700. The van der Waals surface area contributed by atoms with Crippen molar-refractivity contribution in [1.29, 1.82) is 0 Å². The molecule has 0 saturated heterocycles. The Labute approximate surface area is 145 Å². The summed E-state index contributed by atoms with van der Waals surface area (Å²) in [6.45, 7) is 4.64. The smallest absolute Gasteiger partial charge is 0.0206 e. The predicted octanol–water partition coefficient (Wildman–Crippen LogP) is 7.15. The molecule has 2 fully saturated rings. The van der Waals surface area contributed by atoms with Crippen LogP contribution in [0.5, 0.6) is 0 Å². The molecular weight excluding hydrogens is 276 g/mol. The lowest BCUT2D eigenvalue weighted by Crippen LogP contribution is -2.13. The van der Waals surface area contributed by atoms with E-state index < -0.39 is 0 Å². The first-order valence-electron chi connectivity index (χ1n) is 10.5. The molecule has 0 aliphatic heterocycles. The Bertz CT molecular complexity index is 378. The summed E-state index contributed by atoms with van der Waals surface area (Å²) in [6, 6.07) is 0. The Balaban J connectivity index is 1.61. The maximum atomic E-state index is 3.51. The van der Waals surface area contributed by atoms with Crippen molar-refractivity contribution in [2.24, 2.45) is 23.7 Å². The molecule has 130 valence electrons. The van der Waals surface area contributed by atoms with Crippen LogP contribution in [0.25, 0.3) is 0 Å². The number of hydrogen-bond acceptors (Lipinski definition) is 0. The van der Waals surface area contributed by atoms with Crippen LogP contribution in [0.1, 0.15) is 97.3 Å². The SMILES string of the molecule is CCCCC[C@H]1CC[C@H](/C=C/C#C[C@H]2CC[C@H](CC)CC2)CC1. The van der Waals surface area contributed by atoms with Gasteiger partial charge in [0.1, 0.15) is 0 Å². The Morgan fingerprint density at radius 1 is 0.826 bits per heavy atom. The maximum absolute atomic E-state index is 3.51. The second kappa shape index (κ2) is 11.0. The lowest BCUT2D eigenvalue weighted by atomic mass is 9.79. The van der Waals surface area contributed by atoms with Gasteiger partial charge in [-0.05, 0) is 75.2 Å². The molecule has 2 aliphatic carbocycles. The minimum absolute atomic E-state index is 0.678. The van der Waals surface area contributed by atoms with E-state index in [4.69, 9.17) is 0 Å². The van der Waals surface area contributed by atoms with E-state index in [1.54, 1.807) is 0 Å². The van der Waals surface area contributed by atoms with E-state index in [2.05, 4.69) is 37.8 Å². The maximum Gasteiger partial charge on any atom is 0.0206 e. The van der Waals surface area contributed by atoms with Gasteiger partial charge in [0.15, 0.2) is 0 Å². The first kappa shape index (κ1) is 18.6. The highest BCUT2D eigenvalue weighted by atomic mass is 14.2. The number of rotatable bonds is 6. The summed E-state index contributed by atoms with van der Waals surface area (Å²) in [5.74, 6) is 10.4. The molecule has 2 rings (SSSR count). The van der Waals surface area contributed by atoms with E-state index in [0.29, 0.717) is 5.92 Å². The molecule has 0 unspecified atom stereocenters. The van der Waals surface area contributed by atoms with Crippen LogP contribution in [-0.4, -0.2) is 0 Å². The minimum atomic E-state index is 0.678. The summed E-state index contributed by atoms with van der Waals surface area (Å²) in [4.78, 5) is 0. The zero-order valence-electron chi connectivity index (χ0n) is 15.7. The van der Waals surface area contributed by atoms with Crippen molar-refractivity contribution in [3.8, 4) is 11.8 Å². The van der Waals surface area contributed by atoms with Crippen LogP contribution in [0.4, 0.5) is 0 Å². The summed E-state index contributed by atoms with van der Waals surface area (Å²) in [7, 11) is 0. The van der Waals surface area contributed by atoms with Gasteiger partial charge in [0, 0.05) is 5.92 Å². The highest BCUT2D eigenvalue weighted by molar-refractivity contribution is 5.18. The molecule has 0 bridgehead atoms. The van der Waals surface area contributed by atoms with E-state index in [9.17, 15) is 0 Å². The first-order chi connectivity index (χ1) is 11.3. The number of allylic oxidation sites excluding steroid dienone is 2. The van der Waals surface area contributed by atoms with Gasteiger partial charge in [-0.2, -0.15) is 0 Å². The highest BCUT2D eigenvalue weighted by Gasteiger charge is 2.19. The van der Waals surface area contributed by atoms with Gasteiger partial charge in [-0.3, -0.25) is 0 Å². The van der Waals surface area contributed by atoms with Crippen molar-refractivity contribution in [1.82, 2.24) is 0 Å². The standard InChI is InChI=1S/C23H38/c1-3-5-6-9-21-16-18-23(19-17-21)11-8-7-10-22-14-12-20(4-2)13-15-22/h8,11,20-23H,3-6,9,12-19H2,1-2H3/b11-8+/t20-,21-,22-,23-. The van der Waals surface area contributed by atoms with Gasteiger partial charge < -0.3 is 0 Å². The second-order valence-corrected chi connectivity index (χ2v) is 8.05. The summed E-state index contributed by atoms with van der Waals surface area (Å²) in [5.41, 5.74) is 0. The summed E-state index contributed by atoms with van der Waals surface area (Å²) >= 11 is 0. The molecule has 0 spiro atoms. The summed E-state index contributed by atoms with van der Waals surface area (Å²) in [5, 5.41) is 0. The van der Waals surface area contributed by atoms with E-state index in [1.165, 1.54) is 83.5 Å². The van der Waals surface area contributed by atoms with Gasteiger partial charge in [0.2, 0.25) is 0 Å². The van der Waals surface area contributed by atoms with Gasteiger partial charge >= 0.3 is 0 Å². The van der Waals surface area contributed by atoms with Crippen molar-refractivity contribution in [3.63, 3.8) is 0 Å². The van der Waals surface area contributed by atoms with Crippen LogP contribution < -0.4 is 0 Å². The van der Waals surface area contributed by atoms with Crippen LogP contribution in [-0.2, 0) is 0 Å². The second-order valence-electron chi connectivity index (χ2n) is 8.05. The largest absolute Gasteiger partial charge is 0.0951 e. The predicted molar refractivity (Wildman–Crippen MR) is 102 cm³/mol. The zero-order chi connectivity index (χ0) is 16.3. The fourth-order valence-electron chi connectivity index (χ4n) is 4.42. The normalized spacial score (nSPS) is 31.7. The Morgan fingerprint density at radius 3 is 2.17 bits per heavy atom. The topological polar surface area (TPSA) is 0 Å². The number of hydrogen-bond donors (Lipinski definition) is 0. The summed E-state index contributed by atoms with van der Waals surface area (Å²) < 4.78 is 0. The van der Waals surface area contributed by atoms with Crippen molar-refractivity contribution in [2.45, 2.75) is 97.3 Å². The van der Waals surface area contributed by atoms with Gasteiger partial charge in [-0.15, -0.1) is 0 Å². The van der Waals surface area contributed by atoms with Gasteiger partial charge in [0.25, 0.3) is 0 Å². The fourth-order valence-corrected chi connectivity index (χ4v) is 4.42. The van der Waals surface area contributed by atoms with E-state index >= 15 is 0 Å². The zero-order valence-corrected chi connectivity index (χ0v) is 15.7. The van der Waals surface area contributed by atoms with Crippen LogP contribution in [0.3, 0.4) is 0 Å². The molecule has 0 amide bonds. The first-order valence-corrected chi connectivity index (χ1v) is 10.5. The molecule has 2 aliphatic rings. The molecule has 0 heterocycles. The van der Waals surface area contributed by atoms with Gasteiger partial charge in [0.05, 0.1) is 0 Å². The van der Waals surface area contributed by atoms with Crippen molar-refractivity contribution >= 4 is 0 Å². The van der Waals surface area contributed by atoms with Crippen molar-refractivity contribution in [3.05, 3.63) is 12.2 Å². The molecule has 23 heavy (non-hydrogen) atoms. The van der Waals surface area contributed by atoms with E-state index in [1.807, 2.05) is 0 Å². The van der Waals surface area contributed by atoms with Crippen molar-refractivity contribution < 1.29 is 0 Å². The average molecular weight is 315 g/mol. The summed E-state index contributed by atoms with van der Waals surface area (Å²) in [6.07, 6.45) is 22.8. The quantitative estimate of drug-likeness (QED) is 0.361. The third kappa shape index (κ3) is 7.15. The Kier molecular flexibility index (Phi) is 8.88. The molecule has 0 nitrogen and oxygen atoms in total. The van der Waals surface area contributed by atoms with Crippen LogP contribution in [0.2, 0.25) is 0 Å². The Morgan fingerprint density at radius 2 is 1.52 bits per heavy atom. The molecule has 0 N–H and O–H groups in total. The molecule has 0 radical (unpaired) electrons. The molecule has 0 aromatic heterocycles. The van der Waals surface area contributed by atoms with Crippen LogP contribution in [0, 0.1) is 35.5 Å². The van der Waals surface area contributed by atoms with Crippen LogP contribution >= 0.6 is 0 Å². The lowest BCUT2D eigenvalue weighted by molar-refractivity contribution is 0.289. The molecule has 0 aromatic carbocycles.